The standard InChI is InChI=1S/C18H15NO3S2/c1-21-15-8-3-2-6-13(15)11-22-14-7-4-5-12(9-14)10-16-17(20)19-18(23)24-16/h2-10H,11H2,1H3,(H,19,20,23). The first kappa shape index (κ1) is 16.5. The van der Waals surface area contributed by atoms with Crippen LogP contribution in [0.3, 0.4) is 0 Å². The lowest BCUT2D eigenvalue weighted by molar-refractivity contribution is -0.115. The van der Waals surface area contributed by atoms with Crippen LogP contribution < -0.4 is 14.8 Å². The van der Waals surface area contributed by atoms with Crippen molar-refractivity contribution in [1.29, 1.82) is 0 Å². The van der Waals surface area contributed by atoms with Crippen LogP contribution in [-0.4, -0.2) is 17.3 Å². The number of thioether (sulfide) groups is 1. The molecule has 1 fully saturated rings. The Bertz CT molecular complexity index is 817. The molecule has 1 amide bonds. The molecule has 0 radical (unpaired) electrons. The Morgan fingerprint density at radius 1 is 1.21 bits per heavy atom. The maximum absolute atomic E-state index is 11.7. The largest absolute Gasteiger partial charge is 0.496 e. The first-order chi connectivity index (χ1) is 11.7. The van der Waals surface area contributed by atoms with Crippen molar-refractivity contribution >= 4 is 40.3 Å². The summed E-state index contributed by atoms with van der Waals surface area (Å²) in [5.74, 6) is 1.36. The van der Waals surface area contributed by atoms with Gasteiger partial charge in [-0.05, 0) is 29.8 Å². The third-order valence-corrected chi connectivity index (χ3v) is 4.55. The minimum Gasteiger partial charge on any atom is -0.496 e. The SMILES string of the molecule is COc1ccccc1COc1cccc(C=C2SC(=S)NC2=O)c1. The van der Waals surface area contributed by atoms with E-state index in [2.05, 4.69) is 5.32 Å². The van der Waals surface area contributed by atoms with Crippen LogP contribution >= 0.6 is 24.0 Å². The summed E-state index contributed by atoms with van der Waals surface area (Å²) in [6.45, 7) is 0.406. The second-order valence-electron chi connectivity index (χ2n) is 5.03. The summed E-state index contributed by atoms with van der Waals surface area (Å²) in [4.78, 5) is 12.3. The van der Waals surface area contributed by atoms with E-state index in [-0.39, 0.29) is 5.91 Å². The van der Waals surface area contributed by atoms with E-state index in [4.69, 9.17) is 21.7 Å². The number of para-hydroxylation sites is 1. The number of carbonyl (C=O) groups excluding carboxylic acids is 1. The Labute approximate surface area is 149 Å². The van der Waals surface area contributed by atoms with E-state index >= 15 is 0 Å². The molecule has 0 atom stereocenters. The molecule has 24 heavy (non-hydrogen) atoms. The highest BCUT2D eigenvalue weighted by molar-refractivity contribution is 8.26. The molecule has 2 aromatic carbocycles. The third-order valence-electron chi connectivity index (χ3n) is 3.38. The number of benzene rings is 2. The molecule has 4 nitrogen and oxygen atoms in total. The van der Waals surface area contributed by atoms with Gasteiger partial charge in [0.25, 0.3) is 5.91 Å². The zero-order valence-corrected chi connectivity index (χ0v) is 14.6. The average molecular weight is 357 g/mol. The fourth-order valence-electron chi connectivity index (χ4n) is 2.25. The molecular formula is C18H15NO3S2. The van der Waals surface area contributed by atoms with E-state index in [1.54, 1.807) is 13.2 Å². The normalized spacial score (nSPS) is 15.5. The van der Waals surface area contributed by atoms with Gasteiger partial charge in [-0.3, -0.25) is 4.79 Å². The van der Waals surface area contributed by atoms with Gasteiger partial charge in [0.15, 0.2) is 0 Å². The molecule has 1 aliphatic heterocycles. The van der Waals surface area contributed by atoms with Crippen molar-refractivity contribution in [3.05, 3.63) is 64.6 Å². The van der Waals surface area contributed by atoms with E-state index < -0.39 is 0 Å². The number of thiocarbonyl (C=S) groups is 1. The number of hydrogen-bond acceptors (Lipinski definition) is 5. The summed E-state index contributed by atoms with van der Waals surface area (Å²) in [6.07, 6.45) is 1.80. The predicted molar refractivity (Wildman–Crippen MR) is 100 cm³/mol. The lowest BCUT2D eigenvalue weighted by atomic mass is 10.2. The monoisotopic (exact) mass is 357 g/mol. The highest BCUT2D eigenvalue weighted by Gasteiger charge is 2.21. The third kappa shape index (κ3) is 3.96. The summed E-state index contributed by atoms with van der Waals surface area (Å²) in [6, 6.07) is 15.3. The van der Waals surface area contributed by atoms with Gasteiger partial charge < -0.3 is 14.8 Å². The van der Waals surface area contributed by atoms with Crippen LogP contribution in [0.1, 0.15) is 11.1 Å². The quantitative estimate of drug-likeness (QED) is 0.652. The Hall–Kier alpha value is -2.31. The number of hydrogen-bond donors (Lipinski definition) is 1. The molecule has 1 saturated heterocycles. The molecule has 0 aromatic heterocycles. The second-order valence-corrected chi connectivity index (χ2v) is 6.74. The highest BCUT2D eigenvalue weighted by Crippen LogP contribution is 2.27. The fourth-order valence-corrected chi connectivity index (χ4v) is 3.29. The van der Waals surface area contributed by atoms with Gasteiger partial charge in [-0.25, -0.2) is 0 Å². The van der Waals surface area contributed by atoms with E-state index in [1.165, 1.54) is 11.8 Å². The summed E-state index contributed by atoms with van der Waals surface area (Å²) >= 11 is 6.25. The van der Waals surface area contributed by atoms with Crippen LogP contribution in [-0.2, 0) is 11.4 Å². The van der Waals surface area contributed by atoms with Crippen molar-refractivity contribution in [3.8, 4) is 11.5 Å². The average Bonchev–Trinajstić information content (AvgIpc) is 2.91. The van der Waals surface area contributed by atoms with Crippen LogP contribution in [0.4, 0.5) is 0 Å². The van der Waals surface area contributed by atoms with E-state index in [0.29, 0.717) is 15.8 Å². The maximum atomic E-state index is 11.7. The molecule has 0 unspecified atom stereocenters. The molecule has 1 heterocycles. The minimum atomic E-state index is -0.162. The summed E-state index contributed by atoms with van der Waals surface area (Å²) in [5.41, 5.74) is 1.86. The topological polar surface area (TPSA) is 47.6 Å². The van der Waals surface area contributed by atoms with Crippen molar-refractivity contribution in [2.45, 2.75) is 6.61 Å². The Morgan fingerprint density at radius 3 is 2.79 bits per heavy atom. The number of carbonyl (C=O) groups is 1. The summed E-state index contributed by atoms with van der Waals surface area (Å²) in [5, 5.41) is 2.60. The Kier molecular flexibility index (Phi) is 5.17. The minimum absolute atomic E-state index is 0.162. The van der Waals surface area contributed by atoms with Gasteiger partial charge in [-0.1, -0.05) is 54.3 Å². The van der Waals surface area contributed by atoms with Gasteiger partial charge >= 0.3 is 0 Å². The molecule has 0 aliphatic carbocycles. The maximum Gasteiger partial charge on any atom is 0.263 e. The molecule has 3 rings (SSSR count). The summed E-state index contributed by atoms with van der Waals surface area (Å²) in [7, 11) is 1.64. The van der Waals surface area contributed by atoms with Crippen molar-refractivity contribution in [3.63, 3.8) is 0 Å². The first-order valence-electron chi connectivity index (χ1n) is 7.25. The molecule has 122 valence electrons. The van der Waals surface area contributed by atoms with Gasteiger partial charge in [0, 0.05) is 5.56 Å². The highest BCUT2D eigenvalue weighted by atomic mass is 32.2. The Balaban J connectivity index is 1.73. The second kappa shape index (κ2) is 7.51. The van der Waals surface area contributed by atoms with Crippen LogP contribution in [0.5, 0.6) is 11.5 Å². The molecule has 0 spiro atoms. The molecule has 6 heteroatoms. The first-order valence-corrected chi connectivity index (χ1v) is 8.48. The van der Waals surface area contributed by atoms with Crippen molar-refractivity contribution in [2.75, 3.05) is 7.11 Å². The smallest absolute Gasteiger partial charge is 0.263 e. The zero-order chi connectivity index (χ0) is 16.9. The van der Waals surface area contributed by atoms with Crippen LogP contribution in [0.2, 0.25) is 0 Å². The predicted octanol–water partition coefficient (Wildman–Crippen LogP) is 3.76. The van der Waals surface area contributed by atoms with Crippen molar-refractivity contribution in [1.82, 2.24) is 5.32 Å². The summed E-state index contributed by atoms with van der Waals surface area (Å²) < 4.78 is 11.6. The van der Waals surface area contributed by atoms with Gasteiger partial charge in [0.05, 0.1) is 12.0 Å². The number of ether oxygens (including phenoxy) is 2. The number of nitrogens with one attached hydrogen (secondary N) is 1. The number of rotatable bonds is 5. The van der Waals surface area contributed by atoms with Crippen LogP contribution in [0.25, 0.3) is 6.08 Å². The Morgan fingerprint density at radius 2 is 2.04 bits per heavy atom. The fraction of sp³-hybridized carbons (Fsp3) is 0.111. The van der Waals surface area contributed by atoms with Crippen molar-refractivity contribution in [2.24, 2.45) is 0 Å². The lowest BCUT2D eigenvalue weighted by Gasteiger charge is -2.10. The van der Waals surface area contributed by atoms with Crippen LogP contribution in [0.15, 0.2) is 53.4 Å². The number of amides is 1. The van der Waals surface area contributed by atoms with Gasteiger partial charge in [0.1, 0.15) is 22.4 Å². The molecule has 1 aliphatic rings. The zero-order valence-electron chi connectivity index (χ0n) is 12.9. The number of methoxy groups -OCH3 is 1. The van der Waals surface area contributed by atoms with E-state index in [1.807, 2.05) is 48.5 Å². The lowest BCUT2D eigenvalue weighted by Crippen LogP contribution is -2.17. The van der Waals surface area contributed by atoms with E-state index in [0.717, 1.165) is 22.6 Å². The molecule has 1 N–H and O–H groups in total. The van der Waals surface area contributed by atoms with Gasteiger partial charge in [-0.15, -0.1) is 0 Å². The molecule has 0 saturated carbocycles. The van der Waals surface area contributed by atoms with Gasteiger partial charge in [-0.2, -0.15) is 0 Å². The van der Waals surface area contributed by atoms with Crippen molar-refractivity contribution < 1.29 is 14.3 Å². The molecular weight excluding hydrogens is 342 g/mol. The van der Waals surface area contributed by atoms with Crippen LogP contribution in [0, 0.1) is 0 Å². The van der Waals surface area contributed by atoms with E-state index in [9.17, 15) is 4.79 Å². The van der Waals surface area contributed by atoms with Gasteiger partial charge in [0.2, 0.25) is 0 Å². The molecule has 0 bridgehead atoms. The molecule has 2 aromatic rings.